The van der Waals surface area contributed by atoms with E-state index in [9.17, 15) is 0 Å². The van der Waals surface area contributed by atoms with Crippen LogP contribution >= 0.6 is 71.3 Å². The molecule has 94 valence electrons. The van der Waals surface area contributed by atoms with Crippen molar-refractivity contribution in [1.82, 2.24) is 8.25 Å². The molecular formula is C8H16N2S6. The topological polar surface area (TPSA) is 24.1 Å². The molecule has 0 saturated carbocycles. The summed E-state index contributed by atoms with van der Waals surface area (Å²) in [4.78, 5) is 0. The quantitative estimate of drug-likeness (QED) is 0.491. The molecule has 2 fully saturated rings. The number of nitrogens with one attached hydrogen (secondary N) is 2. The van der Waals surface area contributed by atoms with Gasteiger partial charge in [0.1, 0.15) is 0 Å². The molecule has 16 heavy (non-hydrogen) atoms. The van der Waals surface area contributed by atoms with E-state index in [0.29, 0.717) is 0 Å². The van der Waals surface area contributed by atoms with Gasteiger partial charge in [-0.15, -0.1) is 0 Å². The van der Waals surface area contributed by atoms with E-state index in [4.69, 9.17) is 0 Å². The van der Waals surface area contributed by atoms with Gasteiger partial charge in [0.2, 0.25) is 0 Å². The SMILES string of the molecule is C(CSNSC1CSC1)SNSC1CSC1. The van der Waals surface area contributed by atoms with Crippen LogP contribution in [0.15, 0.2) is 0 Å². The summed E-state index contributed by atoms with van der Waals surface area (Å²) in [6, 6.07) is 0. The van der Waals surface area contributed by atoms with E-state index in [1.165, 1.54) is 34.5 Å². The largest absolute Gasteiger partial charge is 0.208 e. The molecule has 2 aliphatic rings. The highest BCUT2D eigenvalue weighted by atomic mass is 32.2. The van der Waals surface area contributed by atoms with Gasteiger partial charge in [0.05, 0.1) is 0 Å². The van der Waals surface area contributed by atoms with Crippen molar-refractivity contribution in [2.45, 2.75) is 10.5 Å². The average molecular weight is 333 g/mol. The molecule has 0 radical (unpaired) electrons. The van der Waals surface area contributed by atoms with Gasteiger partial charge in [-0.1, -0.05) is 47.8 Å². The maximum atomic E-state index is 3.38. The van der Waals surface area contributed by atoms with Crippen LogP contribution in [0.1, 0.15) is 0 Å². The Morgan fingerprint density at radius 2 is 1.25 bits per heavy atom. The maximum Gasteiger partial charge on any atom is 0.0382 e. The normalized spacial score (nSPS) is 21.8. The molecule has 8 heteroatoms. The third-order valence-electron chi connectivity index (χ3n) is 2.05. The highest BCUT2D eigenvalue weighted by molar-refractivity contribution is 8.16. The van der Waals surface area contributed by atoms with Crippen LogP contribution in [0.2, 0.25) is 0 Å². The molecular weight excluding hydrogens is 317 g/mol. The van der Waals surface area contributed by atoms with Gasteiger partial charge in [0, 0.05) is 45.0 Å². The summed E-state index contributed by atoms with van der Waals surface area (Å²) in [7, 11) is 0. The zero-order chi connectivity index (χ0) is 11.1. The van der Waals surface area contributed by atoms with Crippen molar-refractivity contribution in [3.8, 4) is 0 Å². The molecule has 2 saturated heterocycles. The van der Waals surface area contributed by atoms with Crippen LogP contribution in [0.4, 0.5) is 0 Å². The molecule has 0 aromatic heterocycles. The van der Waals surface area contributed by atoms with E-state index in [-0.39, 0.29) is 0 Å². The predicted molar refractivity (Wildman–Crippen MR) is 88.6 cm³/mol. The fourth-order valence-electron chi connectivity index (χ4n) is 0.935. The monoisotopic (exact) mass is 332 g/mol. The smallest absolute Gasteiger partial charge is 0.0382 e. The fraction of sp³-hybridized carbons (Fsp3) is 1.00. The predicted octanol–water partition coefficient (Wildman–Crippen LogP) is 2.99. The standard InChI is InChI=1S/C8H16N2S6/c1(13-9-15-7-3-11-4-7)2-14-10-16-8-5-12-6-8/h7-10H,1-6H2. The van der Waals surface area contributed by atoms with E-state index in [0.717, 1.165) is 10.5 Å². The van der Waals surface area contributed by atoms with Gasteiger partial charge in [-0.25, -0.2) is 8.25 Å². The second-order valence-electron chi connectivity index (χ2n) is 3.42. The molecule has 0 spiro atoms. The first-order chi connectivity index (χ1) is 7.95. The van der Waals surface area contributed by atoms with Crippen LogP contribution in [0, 0.1) is 0 Å². The Hall–Kier alpha value is 2.02. The van der Waals surface area contributed by atoms with Crippen LogP contribution in [0.3, 0.4) is 0 Å². The van der Waals surface area contributed by atoms with Crippen LogP contribution in [0.5, 0.6) is 0 Å². The van der Waals surface area contributed by atoms with Crippen molar-refractivity contribution < 1.29 is 0 Å². The summed E-state index contributed by atoms with van der Waals surface area (Å²) in [5.41, 5.74) is 0. The van der Waals surface area contributed by atoms with Crippen molar-refractivity contribution in [3.63, 3.8) is 0 Å². The lowest BCUT2D eigenvalue weighted by atomic mass is 10.5. The van der Waals surface area contributed by atoms with Crippen LogP contribution in [0.25, 0.3) is 0 Å². The zero-order valence-corrected chi connectivity index (χ0v) is 13.7. The summed E-state index contributed by atoms with van der Waals surface area (Å²) < 4.78 is 6.76. The lowest BCUT2D eigenvalue weighted by molar-refractivity contribution is 1.08. The molecule has 0 unspecified atom stereocenters. The zero-order valence-electron chi connectivity index (χ0n) is 8.85. The minimum Gasteiger partial charge on any atom is -0.208 e. The molecule has 2 rings (SSSR count). The first-order valence-electron chi connectivity index (χ1n) is 5.15. The lowest BCUT2D eigenvalue weighted by Crippen LogP contribution is -2.23. The Kier molecular flexibility index (Phi) is 8.12. The van der Waals surface area contributed by atoms with Gasteiger partial charge in [0.15, 0.2) is 0 Å². The highest BCUT2D eigenvalue weighted by Crippen LogP contribution is 2.29. The average Bonchev–Trinajstić information content (AvgIpc) is 2.15. The summed E-state index contributed by atoms with van der Waals surface area (Å²) >= 11 is 11.6. The van der Waals surface area contributed by atoms with Gasteiger partial charge in [-0.2, -0.15) is 23.5 Å². The Morgan fingerprint density at radius 3 is 1.56 bits per heavy atom. The van der Waals surface area contributed by atoms with Crippen molar-refractivity contribution >= 4 is 71.3 Å². The van der Waals surface area contributed by atoms with E-state index >= 15 is 0 Å². The molecule has 0 aliphatic carbocycles. The Labute approximate surface area is 124 Å². The van der Waals surface area contributed by atoms with Gasteiger partial charge < -0.3 is 0 Å². The second-order valence-corrected chi connectivity index (χ2v) is 10.1. The van der Waals surface area contributed by atoms with Crippen molar-refractivity contribution in [2.24, 2.45) is 0 Å². The van der Waals surface area contributed by atoms with Gasteiger partial charge in [-0.05, 0) is 0 Å². The maximum absolute atomic E-state index is 3.38. The fourth-order valence-corrected chi connectivity index (χ4v) is 7.00. The Morgan fingerprint density at radius 1 is 0.812 bits per heavy atom. The van der Waals surface area contributed by atoms with E-state index in [1.54, 1.807) is 0 Å². The summed E-state index contributed by atoms with van der Waals surface area (Å²) in [5.74, 6) is 7.64. The van der Waals surface area contributed by atoms with Crippen molar-refractivity contribution in [1.29, 1.82) is 0 Å². The molecule has 0 bridgehead atoms. The number of hydrogen-bond acceptors (Lipinski definition) is 8. The molecule has 0 aromatic rings. The second kappa shape index (κ2) is 9.01. The molecule has 2 nitrogen and oxygen atoms in total. The molecule has 2 heterocycles. The lowest BCUT2D eigenvalue weighted by Gasteiger charge is -2.24. The van der Waals surface area contributed by atoms with Gasteiger partial charge in [-0.3, -0.25) is 0 Å². The molecule has 0 amide bonds. The van der Waals surface area contributed by atoms with E-state index < -0.39 is 0 Å². The first-order valence-corrected chi connectivity index (χ1v) is 11.2. The molecule has 0 aromatic carbocycles. The van der Waals surface area contributed by atoms with Crippen molar-refractivity contribution in [2.75, 3.05) is 34.5 Å². The summed E-state index contributed by atoms with van der Waals surface area (Å²) in [6.45, 7) is 0. The summed E-state index contributed by atoms with van der Waals surface area (Å²) in [5, 5.41) is 1.71. The highest BCUT2D eigenvalue weighted by Gasteiger charge is 2.19. The Balaban J connectivity index is 1.27. The van der Waals surface area contributed by atoms with Gasteiger partial charge >= 0.3 is 0 Å². The van der Waals surface area contributed by atoms with Crippen LogP contribution in [-0.2, 0) is 0 Å². The minimum atomic E-state index is 0.856. The minimum absolute atomic E-state index is 0.856. The van der Waals surface area contributed by atoms with E-state index in [1.807, 2.05) is 71.3 Å². The number of hydrogen-bond donors (Lipinski definition) is 2. The molecule has 2 N–H and O–H groups in total. The Bertz CT molecular complexity index is 167. The molecule has 0 atom stereocenters. The first kappa shape index (κ1) is 14.4. The van der Waals surface area contributed by atoms with Crippen LogP contribution < -0.4 is 8.25 Å². The third kappa shape index (κ3) is 5.77. The number of rotatable bonds is 9. The van der Waals surface area contributed by atoms with E-state index in [2.05, 4.69) is 8.25 Å². The molecule has 2 aliphatic heterocycles. The third-order valence-corrected chi connectivity index (χ3v) is 9.57. The van der Waals surface area contributed by atoms with Gasteiger partial charge in [0.25, 0.3) is 0 Å². The van der Waals surface area contributed by atoms with Crippen molar-refractivity contribution in [3.05, 3.63) is 0 Å². The number of thioether (sulfide) groups is 2. The van der Waals surface area contributed by atoms with Crippen LogP contribution in [-0.4, -0.2) is 45.0 Å². The summed E-state index contributed by atoms with van der Waals surface area (Å²) in [6.07, 6.45) is 0.